The molecular formula is C12H16N4OS. The van der Waals surface area contributed by atoms with E-state index in [0.29, 0.717) is 17.2 Å². The number of rotatable bonds is 4. The number of aromatic nitrogens is 3. The maximum Gasteiger partial charge on any atom is 0.273 e. The monoisotopic (exact) mass is 264 g/mol. The fraction of sp³-hybridized carbons (Fsp3) is 0.417. The van der Waals surface area contributed by atoms with E-state index >= 15 is 0 Å². The van der Waals surface area contributed by atoms with E-state index in [0.717, 1.165) is 17.4 Å². The number of nitrogens with zero attached hydrogens (tertiary/aromatic N) is 2. The lowest BCUT2D eigenvalue weighted by Crippen LogP contribution is -2.12. The minimum atomic E-state index is -0.207. The SMILES string of the molecule is Cc1cc(-c2csc(NCC(C)C)n2)c(=O)[nH]n1. The number of thiazole rings is 1. The van der Waals surface area contributed by atoms with E-state index in [9.17, 15) is 4.79 Å². The molecule has 2 aromatic heterocycles. The van der Waals surface area contributed by atoms with Crippen LogP contribution in [0.15, 0.2) is 16.2 Å². The third kappa shape index (κ3) is 2.95. The average Bonchev–Trinajstić information content (AvgIpc) is 2.78. The van der Waals surface area contributed by atoms with Gasteiger partial charge in [0.2, 0.25) is 0 Å². The molecule has 2 N–H and O–H groups in total. The van der Waals surface area contributed by atoms with Crippen molar-refractivity contribution in [3.63, 3.8) is 0 Å². The number of aryl methyl sites for hydroxylation is 1. The van der Waals surface area contributed by atoms with Crippen molar-refractivity contribution in [2.24, 2.45) is 5.92 Å². The zero-order chi connectivity index (χ0) is 13.1. The van der Waals surface area contributed by atoms with Gasteiger partial charge in [-0.05, 0) is 18.9 Å². The second-order valence-electron chi connectivity index (χ2n) is 4.56. The summed E-state index contributed by atoms with van der Waals surface area (Å²) in [4.78, 5) is 16.1. The van der Waals surface area contributed by atoms with Gasteiger partial charge >= 0.3 is 0 Å². The third-order valence-corrected chi connectivity index (χ3v) is 3.17. The average molecular weight is 264 g/mol. The van der Waals surface area contributed by atoms with Gasteiger partial charge in [0, 0.05) is 11.9 Å². The first-order chi connectivity index (χ1) is 8.56. The molecule has 0 atom stereocenters. The molecule has 0 radical (unpaired) electrons. The maximum atomic E-state index is 11.7. The summed E-state index contributed by atoms with van der Waals surface area (Å²) < 4.78 is 0. The second kappa shape index (κ2) is 5.30. The Morgan fingerprint density at radius 2 is 2.28 bits per heavy atom. The van der Waals surface area contributed by atoms with Crippen LogP contribution < -0.4 is 10.9 Å². The summed E-state index contributed by atoms with van der Waals surface area (Å²) in [7, 11) is 0. The Bertz CT molecular complexity index is 588. The lowest BCUT2D eigenvalue weighted by molar-refractivity contribution is 0.688. The first kappa shape index (κ1) is 12.8. The first-order valence-corrected chi connectivity index (χ1v) is 6.70. The minimum absolute atomic E-state index is 0.207. The van der Waals surface area contributed by atoms with Crippen molar-refractivity contribution in [2.75, 3.05) is 11.9 Å². The van der Waals surface area contributed by atoms with E-state index in [1.165, 1.54) is 11.3 Å². The topological polar surface area (TPSA) is 70.7 Å². The van der Waals surface area contributed by atoms with E-state index in [4.69, 9.17) is 0 Å². The van der Waals surface area contributed by atoms with Gasteiger partial charge in [0.1, 0.15) is 0 Å². The molecule has 0 aromatic carbocycles. The summed E-state index contributed by atoms with van der Waals surface area (Å²) >= 11 is 1.51. The number of anilines is 1. The Hall–Kier alpha value is -1.69. The van der Waals surface area contributed by atoms with E-state index in [2.05, 4.69) is 34.3 Å². The zero-order valence-corrected chi connectivity index (χ0v) is 11.5. The largest absolute Gasteiger partial charge is 0.361 e. The van der Waals surface area contributed by atoms with Gasteiger partial charge in [-0.25, -0.2) is 10.1 Å². The molecule has 0 unspecified atom stereocenters. The van der Waals surface area contributed by atoms with E-state index in [-0.39, 0.29) is 5.56 Å². The third-order valence-electron chi connectivity index (χ3n) is 2.37. The maximum absolute atomic E-state index is 11.7. The van der Waals surface area contributed by atoms with Crippen LogP contribution in [0.3, 0.4) is 0 Å². The Morgan fingerprint density at radius 3 is 3.00 bits per heavy atom. The molecule has 0 saturated heterocycles. The second-order valence-corrected chi connectivity index (χ2v) is 5.42. The molecule has 2 heterocycles. The summed E-state index contributed by atoms with van der Waals surface area (Å²) in [6.45, 7) is 6.99. The van der Waals surface area contributed by atoms with Crippen LogP contribution in [0, 0.1) is 12.8 Å². The van der Waals surface area contributed by atoms with Gasteiger partial charge in [-0.1, -0.05) is 13.8 Å². The van der Waals surface area contributed by atoms with E-state index in [1.807, 2.05) is 12.3 Å². The lowest BCUT2D eigenvalue weighted by Gasteiger charge is -2.04. The highest BCUT2D eigenvalue weighted by atomic mass is 32.1. The molecule has 0 aliphatic heterocycles. The normalized spacial score (nSPS) is 10.9. The number of aromatic amines is 1. The summed E-state index contributed by atoms with van der Waals surface area (Å²) in [6.07, 6.45) is 0. The molecule has 0 fully saturated rings. The van der Waals surface area contributed by atoms with Crippen molar-refractivity contribution in [1.82, 2.24) is 15.2 Å². The highest BCUT2D eigenvalue weighted by Crippen LogP contribution is 2.22. The molecule has 96 valence electrons. The Kier molecular flexibility index (Phi) is 3.76. The van der Waals surface area contributed by atoms with Crippen LogP contribution in [0.25, 0.3) is 11.3 Å². The molecule has 0 aliphatic carbocycles. The predicted octanol–water partition coefficient (Wildman–Crippen LogP) is 2.27. The molecule has 0 saturated carbocycles. The van der Waals surface area contributed by atoms with Crippen LogP contribution in [0.4, 0.5) is 5.13 Å². The van der Waals surface area contributed by atoms with Crippen LogP contribution in [0.1, 0.15) is 19.5 Å². The molecule has 18 heavy (non-hydrogen) atoms. The molecule has 6 heteroatoms. The smallest absolute Gasteiger partial charge is 0.273 e. The highest BCUT2D eigenvalue weighted by Gasteiger charge is 2.09. The van der Waals surface area contributed by atoms with Crippen molar-refractivity contribution in [3.05, 3.63) is 27.5 Å². The standard InChI is InChI=1S/C12H16N4OS/c1-7(2)5-13-12-14-10(6-18-12)9-4-8(3)15-16-11(9)17/h4,6-7H,5H2,1-3H3,(H,13,14)(H,16,17). The number of hydrogen-bond acceptors (Lipinski definition) is 5. The quantitative estimate of drug-likeness (QED) is 0.888. The number of hydrogen-bond donors (Lipinski definition) is 2. The molecule has 5 nitrogen and oxygen atoms in total. The van der Waals surface area contributed by atoms with Gasteiger partial charge in [0.15, 0.2) is 5.13 Å². The molecule has 2 aromatic rings. The van der Waals surface area contributed by atoms with Gasteiger partial charge in [-0.15, -0.1) is 11.3 Å². The van der Waals surface area contributed by atoms with Crippen LogP contribution in [0.2, 0.25) is 0 Å². The summed E-state index contributed by atoms with van der Waals surface area (Å²) in [6, 6.07) is 1.75. The van der Waals surface area contributed by atoms with Crippen molar-refractivity contribution in [1.29, 1.82) is 0 Å². The van der Waals surface area contributed by atoms with Crippen molar-refractivity contribution in [3.8, 4) is 11.3 Å². The van der Waals surface area contributed by atoms with Gasteiger partial charge in [0.25, 0.3) is 5.56 Å². The Morgan fingerprint density at radius 1 is 1.50 bits per heavy atom. The zero-order valence-electron chi connectivity index (χ0n) is 10.7. The van der Waals surface area contributed by atoms with Crippen LogP contribution in [0.5, 0.6) is 0 Å². The van der Waals surface area contributed by atoms with Crippen LogP contribution >= 0.6 is 11.3 Å². The minimum Gasteiger partial charge on any atom is -0.361 e. The van der Waals surface area contributed by atoms with Gasteiger partial charge in [0.05, 0.1) is 17.0 Å². The van der Waals surface area contributed by atoms with Crippen molar-refractivity contribution < 1.29 is 0 Å². The van der Waals surface area contributed by atoms with Crippen LogP contribution in [-0.4, -0.2) is 21.7 Å². The van der Waals surface area contributed by atoms with Crippen molar-refractivity contribution >= 4 is 16.5 Å². The summed E-state index contributed by atoms with van der Waals surface area (Å²) in [5, 5.41) is 12.3. The molecule has 0 bridgehead atoms. The molecule has 0 spiro atoms. The molecule has 0 aliphatic rings. The van der Waals surface area contributed by atoms with E-state index < -0.39 is 0 Å². The van der Waals surface area contributed by atoms with Gasteiger partial charge in [-0.3, -0.25) is 4.79 Å². The predicted molar refractivity (Wildman–Crippen MR) is 74.0 cm³/mol. The molecule has 0 amide bonds. The Labute approximate surface area is 109 Å². The van der Waals surface area contributed by atoms with Gasteiger partial charge < -0.3 is 5.32 Å². The van der Waals surface area contributed by atoms with E-state index in [1.54, 1.807) is 6.07 Å². The fourth-order valence-electron chi connectivity index (χ4n) is 1.47. The Balaban J connectivity index is 2.24. The summed E-state index contributed by atoms with van der Waals surface area (Å²) in [5.74, 6) is 0.559. The van der Waals surface area contributed by atoms with Crippen molar-refractivity contribution in [2.45, 2.75) is 20.8 Å². The first-order valence-electron chi connectivity index (χ1n) is 5.82. The number of H-pyrrole nitrogens is 1. The highest BCUT2D eigenvalue weighted by molar-refractivity contribution is 7.14. The molecule has 2 rings (SSSR count). The molecular weight excluding hydrogens is 248 g/mol. The fourth-order valence-corrected chi connectivity index (χ4v) is 2.19. The number of nitrogens with one attached hydrogen (secondary N) is 2. The van der Waals surface area contributed by atoms with Gasteiger partial charge in [-0.2, -0.15) is 5.10 Å². The summed E-state index contributed by atoms with van der Waals surface area (Å²) in [5.41, 5.74) is 1.82. The lowest BCUT2D eigenvalue weighted by atomic mass is 10.2. The van der Waals surface area contributed by atoms with Crippen LogP contribution in [-0.2, 0) is 0 Å².